The molecule has 0 bridgehead atoms. The van der Waals surface area contributed by atoms with Crippen LogP contribution in [0.5, 0.6) is 5.75 Å². The Morgan fingerprint density at radius 1 is 0.975 bits per heavy atom. The Morgan fingerprint density at radius 2 is 1.75 bits per heavy atom. The van der Waals surface area contributed by atoms with Gasteiger partial charge in [-0.15, -0.1) is 0 Å². The van der Waals surface area contributed by atoms with Gasteiger partial charge in [-0.25, -0.2) is 0 Å². The molecule has 3 aliphatic heterocycles. The van der Waals surface area contributed by atoms with Crippen LogP contribution in [-0.4, -0.2) is 40.8 Å². The van der Waals surface area contributed by atoms with Crippen molar-refractivity contribution in [3.8, 4) is 5.75 Å². The van der Waals surface area contributed by atoms with Crippen molar-refractivity contribution in [3.05, 3.63) is 94.1 Å². The van der Waals surface area contributed by atoms with E-state index in [9.17, 15) is 14.4 Å². The molecular formula is C31H27ClN4O4. The number of methoxy groups -OCH3 is 1. The summed E-state index contributed by atoms with van der Waals surface area (Å²) in [5.74, 6) is -2.05. The number of para-hydroxylation sites is 2. The number of fused-ring (bicyclic) bond motifs is 5. The lowest BCUT2D eigenvalue weighted by Gasteiger charge is -2.30. The Kier molecular flexibility index (Phi) is 5.56. The number of aromatic amines is 1. The number of rotatable bonds is 5. The van der Waals surface area contributed by atoms with Gasteiger partial charge in [0.05, 0.1) is 31.2 Å². The van der Waals surface area contributed by atoms with E-state index in [0.717, 1.165) is 27.6 Å². The van der Waals surface area contributed by atoms with Crippen molar-refractivity contribution in [2.45, 2.75) is 31.5 Å². The number of imide groups is 1. The predicted octanol–water partition coefficient (Wildman–Crippen LogP) is 4.30. The van der Waals surface area contributed by atoms with Gasteiger partial charge in [0.25, 0.3) is 0 Å². The Bertz CT molecular complexity index is 1730. The zero-order chi connectivity index (χ0) is 27.8. The topological polar surface area (TPSA) is 104 Å². The first kappa shape index (κ1) is 24.9. The molecule has 3 N–H and O–H groups in total. The van der Waals surface area contributed by atoms with E-state index >= 15 is 0 Å². The molecule has 0 aliphatic carbocycles. The van der Waals surface area contributed by atoms with Crippen LogP contribution in [-0.2, 0) is 32.9 Å². The van der Waals surface area contributed by atoms with Gasteiger partial charge in [-0.2, -0.15) is 0 Å². The van der Waals surface area contributed by atoms with Crippen LogP contribution in [0.1, 0.15) is 22.3 Å². The number of aromatic nitrogens is 1. The van der Waals surface area contributed by atoms with E-state index in [1.165, 1.54) is 4.90 Å². The third-order valence-corrected chi connectivity index (χ3v) is 9.22. The second-order valence-corrected chi connectivity index (χ2v) is 11.2. The lowest BCUT2D eigenvalue weighted by molar-refractivity contribution is -0.143. The summed E-state index contributed by atoms with van der Waals surface area (Å²) in [5, 5.41) is 8.08. The molecule has 8 nitrogen and oxygen atoms in total. The van der Waals surface area contributed by atoms with Crippen LogP contribution in [0.2, 0.25) is 5.02 Å². The van der Waals surface area contributed by atoms with Crippen molar-refractivity contribution in [3.63, 3.8) is 0 Å². The first-order valence-electron chi connectivity index (χ1n) is 13.3. The number of ether oxygens (including phenoxy) is 1. The number of amides is 3. The summed E-state index contributed by atoms with van der Waals surface area (Å²) < 4.78 is 5.49. The second-order valence-electron chi connectivity index (χ2n) is 10.7. The van der Waals surface area contributed by atoms with E-state index in [2.05, 4.69) is 15.6 Å². The van der Waals surface area contributed by atoms with Crippen LogP contribution in [0.15, 0.2) is 66.9 Å². The van der Waals surface area contributed by atoms with E-state index < -0.39 is 23.4 Å². The van der Waals surface area contributed by atoms with Crippen LogP contribution in [0.3, 0.4) is 0 Å². The molecule has 4 unspecified atom stereocenters. The molecule has 4 atom stereocenters. The number of H-pyrrole nitrogens is 1. The molecule has 7 rings (SSSR count). The lowest BCUT2D eigenvalue weighted by atomic mass is 9.76. The number of likely N-dealkylation sites (tertiary alicyclic amines) is 1. The summed E-state index contributed by atoms with van der Waals surface area (Å²) in [6.45, 7) is 1.91. The highest BCUT2D eigenvalue weighted by molar-refractivity contribution is 6.32. The summed E-state index contributed by atoms with van der Waals surface area (Å²) in [6.07, 6.45) is 2.40. The van der Waals surface area contributed by atoms with E-state index in [-0.39, 0.29) is 24.3 Å². The van der Waals surface area contributed by atoms with Gasteiger partial charge < -0.3 is 15.0 Å². The molecule has 4 aromatic rings. The van der Waals surface area contributed by atoms with Gasteiger partial charge >= 0.3 is 0 Å². The summed E-state index contributed by atoms with van der Waals surface area (Å²) >= 11 is 6.40. The highest BCUT2D eigenvalue weighted by Gasteiger charge is 2.70. The van der Waals surface area contributed by atoms with Crippen molar-refractivity contribution >= 4 is 45.9 Å². The van der Waals surface area contributed by atoms with Crippen LogP contribution < -0.4 is 15.4 Å². The molecule has 3 aliphatic rings. The van der Waals surface area contributed by atoms with Crippen molar-refractivity contribution in [1.82, 2.24) is 15.2 Å². The first-order chi connectivity index (χ1) is 19.3. The average molecular weight is 555 g/mol. The quantitative estimate of drug-likeness (QED) is 0.319. The minimum atomic E-state index is -1.39. The molecule has 9 heteroatoms. The van der Waals surface area contributed by atoms with Gasteiger partial charge in [-0.3, -0.25) is 24.6 Å². The van der Waals surface area contributed by atoms with Gasteiger partial charge in [0.15, 0.2) is 0 Å². The number of hydrogen-bond donors (Lipinski definition) is 3. The molecule has 0 radical (unpaired) electrons. The minimum absolute atomic E-state index is 0.0681. The summed E-state index contributed by atoms with van der Waals surface area (Å²) in [4.78, 5) is 46.9. The number of benzene rings is 3. The molecule has 3 aromatic carbocycles. The SMILES string of the molecule is COc1ccccc1CN1C(=O)C2C(Cc3c[nH]c4ccccc34)NC3(C(=O)Nc4c3ccc(Cl)c4C)C2C1=O. The Labute approximate surface area is 235 Å². The molecular weight excluding hydrogens is 528 g/mol. The van der Waals surface area contributed by atoms with E-state index in [0.29, 0.717) is 28.4 Å². The number of carbonyl (C=O) groups excluding carboxylic acids is 3. The number of nitrogens with zero attached hydrogens (tertiary/aromatic N) is 1. The summed E-state index contributed by atoms with van der Waals surface area (Å²) in [5.41, 5.74) is 3.30. The zero-order valence-electron chi connectivity index (χ0n) is 22.0. The molecule has 1 spiro atoms. The van der Waals surface area contributed by atoms with E-state index in [1.54, 1.807) is 25.3 Å². The fourth-order valence-corrected chi connectivity index (χ4v) is 7.08. The number of hydrogen-bond acceptors (Lipinski definition) is 5. The third kappa shape index (κ3) is 3.33. The van der Waals surface area contributed by atoms with Crippen LogP contribution in [0.4, 0.5) is 5.69 Å². The third-order valence-electron chi connectivity index (χ3n) is 8.81. The van der Waals surface area contributed by atoms with Crippen LogP contribution in [0, 0.1) is 18.8 Å². The largest absolute Gasteiger partial charge is 0.496 e. The van der Waals surface area contributed by atoms with Crippen LogP contribution in [0.25, 0.3) is 10.9 Å². The Balaban J connectivity index is 1.35. The van der Waals surface area contributed by atoms with Gasteiger partial charge in [0, 0.05) is 39.3 Å². The minimum Gasteiger partial charge on any atom is -0.496 e. The molecule has 0 saturated carbocycles. The highest BCUT2D eigenvalue weighted by Crippen LogP contribution is 2.54. The maximum absolute atomic E-state index is 14.2. The summed E-state index contributed by atoms with van der Waals surface area (Å²) in [7, 11) is 1.56. The van der Waals surface area contributed by atoms with Crippen molar-refractivity contribution < 1.29 is 19.1 Å². The predicted molar refractivity (Wildman–Crippen MR) is 151 cm³/mol. The van der Waals surface area contributed by atoms with Gasteiger partial charge in [-0.1, -0.05) is 54.1 Å². The van der Waals surface area contributed by atoms with E-state index in [1.807, 2.05) is 55.6 Å². The first-order valence-corrected chi connectivity index (χ1v) is 13.6. The second kappa shape index (κ2) is 8.94. The molecule has 40 heavy (non-hydrogen) atoms. The Hall–Kier alpha value is -4.14. The maximum Gasteiger partial charge on any atom is 0.250 e. The molecule has 3 amide bonds. The molecule has 202 valence electrons. The van der Waals surface area contributed by atoms with Crippen LogP contribution >= 0.6 is 11.6 Å². The summed E-state index contributed by atoms with van der Waals surface area (Å²) in [6, 6.07) is 18.4. The van der Waals surface area contributed by atoms with Crippen molar-refractivity contribution in [1.29, 1.82) is 0 Å². The molecule has 4 heterocycles. The monoisotopic (exact) mass is 554 g/mol. The highest BCUT2D eigenvalue weighted by atomic mass is 35.5. The number of nitrogens with one attached hydrogen (secondary N) is 3. The maximum atomic E-state index is 14.2. The lowest BCUT2D eigenvalue weighted by Crippen LogP contribution is -2.53. The fraction of sp³-hybridized carbons (Fsp3) is 0.258. The number of anilines is 1. The number of halogens is 1. The smallest absolute Gasteiger partial charge is 0.250 e. The molecule has 2 saturated heterocycles. The average Bonchev–Trinajstić information content (AvgIpc) is 3.67. The zero-order valence-corrected chi connectivity index (χ0v) is 22.7. The molecule has 1 aromatic heterocycles. The van der Waals surface area contributed by atoms with E-state index in [4.69, 9.17) is 16.3 Å². The van der Waals surface area contributed by atoms with Gasteiger partial charge in [0.2, 0.25) is 17.7 Å². The Morgan fingerprint density at radius 3 is 2.58 bits per heavy atom. The van der Waals surface area contributed by atoms with Crippen molar-refractivity contribution in [2.75, 3.05) is 12.4 Å². The molecule has 2 fully saturated rings. The normalized spacial score (nSPS) is 25.1. The number of carbonyl (C=O) groups is 3. The van der Waals surface area contributed by atoms with Crippen molar-refractivity contribution in [2.24, 2.45) is 11.8 Å². The fourth-order valence-electron chi connectivity index (χ4n) is 6.92. The standard InChI is InChI=1S/C31H27ClN4O4/c1-16-21(32)12-11-20-27(16)34-30(39)31(20)26-25(23(35-31)13-18-14-33-22-9-5-4-8-19(18)22)28(37)36(29(26)38)15-17-7-3-6-10-24(17)40-2/h3-12,14,23,25-26,33,35H,13,15H2,1-2H3,(H,34,39). The van der Waals surface area contributed by atoms with Gasteiger partial charge in [0.1, 0.15) is 11.3 Å². The van der Waals surface area contributed by atoms with Gasteiger partial charge in [-0.05, 0) is 42.7 Å².